The lowest BCUT2D eigenvalue weighted by Crippen LogP contribution is -2.72. The van der Waals surface area contributed by atoms with Gasteiger partial charge in [-0.25, -0.2) is 4.79 Å². The Kier molecular flexibility index (Phi) is 3.27. The Labute approximate surface area is 142 Å². The van der Waals surface area contributed by atoms with Gasteiger partial charge in [0.15, 0.2) is 0 Å². The third-order valence-electron chi connectivity index (χ3n) is 6.54. The number of carbonyl (C=O) groups is 1. The summed E-state index contributed by atoms with van der Waals surface area (Å²) in [5.74, 6) is 1.45. The van der Waals surface area contributed by atoms with E-state index in [2.05, 4.69) is 16.7 Å². The fourth-order valence-corrected chi connectivity index (χ4v) is 5.24. The quantitative estimate of drug-likeness (QED) is 0.875. The molecule has 2 amide bonds. The maximum atomic E-state index is 12.5. The van der Waals surface area contributed by atoms with Gasteiger partial charge in [0.1, 0.15) is 12.4 Å². The number of nitrogens with one attached hydrogen (secondary N) is 2. The van der Waals surface area contributed by atoms with Gasteiger partial charge in [0.05, 0.1) is 12.1 Å². The van der Waals surface area contributed by atoms with E-state index in [4.69, 9.17) is 9.47 Å². The Morgan fingerprint density at radius 3 is 2.92 bits per heavy atom. The summed E-state index contributed by atoms with van der Waals surface area (Å²) in [7, 11) is 0. The van der Waals surface area contributed by atoms with Gasteiger partial charge in [-0.15, -0.1) is 0 Å². The number of carbonyl (C=O) groups excluding carboxylic acids is 1. The summed E-state index contributed by atoms with van der Waals surface area (Å²) < 4.78 is 11.7. The minimum atomic E-state index is -0.0513. The van der Waals surface area contributed by atoms with E-state index in [1.807, 2.05) is 18.2 Å². The van der Waals surface area contributed by atoms with E-state index >= 15 is 0 Å². The van der Waals surface area contributed by atoms with Gasteiger partial charge in [0.2, 0.25) is 0 Å². The number of hydrogen-bond donors (Lipinski definition) is 2. The highest BCUT2D eigenvalue weighted by molar-refractivity contribution is 5.75. The fraction of sp³-hybridized carbons (Fsp3) is 0.632. The minimum Gasteiger partial charge on any atom is -0.491 e. The van der Waals surface area contributed by atoms with Crippen LogP contribution in [-0.4, -0.2) is 37.4 Å². The number of urea groups is 1. The first kappa shape index (κ1) is 14.6. The molecule has 3 fully saturated rings. The Hall–Kier alpha value is -1.75. The number of amides is 2. The number of para-hydroxylation sites is 1. The minimum absolute atomic E-state index is 0.0351. The molecule has 2 aliphatic heterocycles. The molecule has 5 rings (SSSR count). The summed E-state index contributed by atoms with van der Waals surface area (Å²) in [5.41, 5.74) is 1.39. The van der Waals surface area contributed by atoms with Crippen molar-refractivity contribution in [2.45, 2.75) is 50.3 Å². The van der Waals surface area contributed by atoms with E-state index < -0.39 is 0 Å². The molecule has 1 aromatic rings. The smallest absolute Gasteiger partial charge is 0.315 e. The average Bonchev–Trinajstić information content (AvgIpc) is 2.96. The molecule has 2 heterocycles. The van der Waals surface area contributed by atoms with Gasteiger partial charge in [-0.2, -0.15) is 0 Å². The van der Waals surface area contributed by atoms with E-state index in [0.29, 0.717) is 18.6 Å². The predicted molar refractivity (Wildman–Crippen MR) is 89.0 cm³/mol. The van der Waals surface area contributed by atoms with E-state index in [-0.39, 0.29) is 23.5 Å². The second-order valence-corrected chi connectivity index (χ2v) is 7.75. The van der Waals surface area contributed by atoms with Crippen molar-refractivity contribution < 1.29 is 14.3 Å². The summed E-state index contributed by atoms with van der Waals surface area (Å²) >= 11 is 0. The van der Waals surface area contributed by atoms with Crippen molar-refractivity contribution in [3.05, 3.63) is 29.8 Å². The van der Waals surface area contributed by atoms with Crippen molar-refractivity contribution in [3.63, 3.8) is 0 Å². The van der Waals surface area contributed by atoms with Crippen LogP contribution in [0.1, 0.15) is 31.2 Å². The third-order valence-corrected chi connectivity index (χ3v) is 6.54. The molecule has 1 aromatic carbocycles. The molecule has 4 unspecified atom stereocenters. The average molecular weight is 328 g/mol. The summed E-state index contributed by atoms with van der Waals surface area (Å²) in [6.07, 6.45) is 5.95. The lowest BCUT2D eigenvalue weighted by Gasteiger charge is -2.63. The van der Waals surface area contributed by atoms with Crippen molar-refractivity contribution in [2.24, 2.45) is 11.3 Å². The molecule has 2 aliphatic carbocycles. The van der Waals surface area contributed by atoms with Crippen LogP contribution in [0.5, 0.6) is 5.75 Å². The Balaban J connectivity index is 1.21. The molecule has 4 atom stereocenters. The van der Waals surface area contributed by atoms with Crippen molar-refractivity contribution in [1.29, 1.82) is 0 Å². The second-order valence-electron chi connectivity index (χ2n) is 7.75. The first-order chi connectivity index (χ1) is 11.8. The number of fused-ring (bicyclic) bond motifs is 3. The van der Waals surface area contributed by atoms with Gasteiger partial charge in [-0.3, -0.25) is 0 Å². The molecule has 4 aliphatic rings. The molecule has 1 saturated heterocycles. The highest BCUT2D eigenvalue weighted by Crippen LogP contribution is 2.62. The molecule has 0 bridgehead atoms. The number of ether oxygens (including phenoxy) is 2. The van der Waals surface area contributed by atoms with Crippen LogP contribution in [0.3, 0.4) is 0 Å². The van der Waals surface area contributed by atoms with Gasteiger partial charge < -0.3 is 20.1 Å². The lowest BCUT2D eigenvalue weighted by molar-refractivity contribution is -0.172. The van der Waals surface area contributed by atoms with E-state index in [9.17, 15) is 4.79 Å². The SMILES string of the molecule is O=C(NC1COc2ccccc2C1)NC1C2CCOC2C12CCC2. The molecular weight excluding hydrogens is 304 g/mol. The first-order valence-corrected chi connectivity index (χ1v) is 9.16. The van der Waals surface area contributed by atoms with Crippen molar-refractivity contribution >= 4 is 6.03 Å². The molecule has 2 N–H and O–H groups in total. The largest absolute Gasteiger partial charge is 0.491 e. The molecular formula is C19H24N2O3. The topological polar surface area (TPSA) is 59.6 Å². The maximum Gasteiger partial charge on any atom is 0.315 e. The normalized spacial score (nSPS) is 35.0. The number of benzene rings is 1. The van der Waals surface area contributed by atoms with Crippen LogP contribution in [0, 0.1) is 11.3 Å². The highest BCUT2D eigenvalue weighted by atomic mass is 16.5. The second kappa shape index (κ2) is 5.38. The predicted octanol–water partition coefficient (Wildman–Crippen LogP) is 2.25. The van der Waals surface area contributed by atoms with Gasteiger partial charge in [0, 0.05) is 24.0 Å². The third kappa shape index (κ3) is 2.07. The van der Waals surface area contributed by atoms with Crippen molar-refractivity contribution in [1.82, 2.24) is 10.6 Å². The van der Waals surface area contributed by atoms with Crippen LogP contribution in [0.15, 0.2) is 24.3 Å². The summed E-state index contributed by atoms with van der Waals surface area (Å²) in [4.78, 5) is 12.5. The molecule has 5 heteroatoms. The highest BCUT2D eigenvalue weighted by Gasteiger charge is 2.67. The van der Waals surface area contributed by atoms with Gasteiger partial charge in [0.25, 0.3) is 0 Å². The molecule has 0 radical (unpaired) electrons. The molecule has 2 saturated carbocycles. The molecule has 128 valence electrons. The zero-order chi connectivity index (χ0) is 16.1. The zero-order valence-corrected chi connectivity index (χ0v) is 13.8. The number of rotatable bonds is 2. The zero-order valence-electron chi connectivity index (χ0n) is 13.8. The number of hydrogen-bond acceptors (Lipinski definition) is 3. The Morgan fingerprint density at radius 2 is 2.08 bits per heavy atom. The maximum absolute atomic E-state index is 12.5. The molecule has 1 spiro atoms. The molecule has 5 nitrogen and oxygen atoms in total. The van der Waals surface area contributed by atoms with Crippen LogP contribution in [-0.2, 0) is 11.2 Å². The van der Waals surface area contributed by atoms with Crippen LogP contribution < -0.4 is 15.4 Å². The molecule has 24 heavy (non-hydrogen) atoms. The van der Waals surface area contributed by atoms with Crippen LogP contribution in [0.25, 0.3) is 0 Å². The van der Waals surface area contributed by atoms with Gasteiger partial charge in [-0.05, 0) is 37.3 Å². The van der Waals surface area contributed by atoms with E-state index in [1.165, 1.54) is 19.3 Å². The summed E-state index contributed by atoms with van der Waals surface area (Å²) in [6, 6.07) is 8.32. The standard InChI is InChI=1S/C19H24N2O3/c22-18(20-13-10-12-4-1-2-5-15(12)24-11-13)21-16-14-6-9-23-17(14)19(16)7-3-8-19/h1-2,4-5,13-14,16-17H,3,6-11H2,(H2,20,21,22). The Morgan fingerprint density at radius 1 is 1.21 bits per heavy atom. The van der Waals surface area contributed by atoms with Crippen molar-refractivity contribution in [2.75, 3.05) is 13.2 Å². The van der Waals surface area contributed by atoms with Crippen LogP contribution in [0.2, 0.25) is 0 Å². The summed E-state index contributed by atoms with van der Waals surface area (Å²) in [6.45, 7) is 1.39. The van der Waals surface area contributed by atoms with Gasteiger partial charge >= 0.3 is 6.03 Å². The Bertz CT molecular complexity index is 658. The van der Waals surface area contributed by atoms with E-state index in [0.717, 1.165) is 30.8 Å². The van der Waals surface area contributed by atoms with Crippen molar-refractivity contribution in [3.8, 4) is 5.75 Å². The van der Waals surface area contributed by atoms with Crippen LogP contribution in [0.4, 0.5) is 4.79 Å². The first-order valence-electron chi connectivity index (χ1n) is 9.16. The lowest BCUT2D eigenvalue weighted by atomic mass is 9.46. The van der Waals surface area contributed by atoms with Gasteiger partial charge in [-0.1, -0.05) is 24.6 Å². The monoisotopic (exact) mass is 328 g/mol. The fourth-order valence-electron chi connectivity index (χ4n) is 5.24. The molecule has 0 aromatic heterocycles. The van der Waals surface area contributed by atoms with Crippen LogP contribution >= 0.6 is 0 Å². The summed E-state index contributed by atoms with van der Waals surface area (Å²) in [5, 5.41) is 6.38. The van der Waals surface area contributed by atoms with E-state index in [1.54, 1.807) is 0 Å².